The van der Waals surface area contributed by atoms with Crippen molar-refractivity contribution >= 4 is 17.7 Å². The van der Waals surface area contributed by atoms with Gasteiger partial charge in [-0.05, 0) is 37.0 Å². The molecule has 0 aromatic heterocycles. The van der Waals surface area contributed by atoms with E-state index in [2.05, 4.69) is 0 Å². The number of imide groups is 1. The summed E-state index contributed by atoms with van der Waals surface area (Å²) >= 11 is 0. The second-order valence-corrected chi connectivity index (χ2v) is 5.92. The molecule has 0 atom stereocenters. The Hall–Kier alpha value is -2.17. The molecule has 5 nitrogen and oxygen atoms in total. The van der Waals surface area contributed by atoms with Gasteiger partial charge in [-0.15, -0.1) is 0 Å². The van der Waals surface area contributed by atoms with Gasteiger partial charge in [-0.1, -0.05) is 12.1 Å². The molecule has 1 aromatic rings. The zero-order valence-corrected chi connectivity index (χ0v) is 12.6. The van der Waals surface area contributed by atoms with Crippen LogP contribution in [-0.4, -0.2) is 40.6 Å². The molecule has 0 radical (unpaired) electrons. The highest BCUT2D eigenvalue weighted by Crippen LogP contribution is 2.17. The second-order valence-electron chi connectivity index (χ2n) is 5.92. The molecule has 0 N–H and O–H groups in total. The van der Waals surface area contributed by atoms with E-state index < -0.39 is 0 Å². The standard InChI is InChI=1S/C17H20N2O3/c20-15-8-9-16(21)19(15)12-13-4-6-14(7-5-13)17(22)18-10-2-1-3-11-18/h4-7H,1-3,8-12H2. The van der Waals surface area contributed by atoms with Gasteiger partial charge in [-0.2, -0.15) is 0 Å². The number of hydrogen-bond donors (Lipinski definition) is 0. The predicted molar refractivity (Wildman–Crippen MR) is 81.0 cm³/mol. The summed E-state index contributed by atoms with van der Waals surface area (Å²) in [4.78, 5) is 38.8. The third-order valence-electron chi connectivity index (χ3n) is 4.34. The highest BCUT2D eigenvalue weighted by Gasteiger charge is 2.28. The molecule has 0 unspecified atom stereocenters. The van der Waals surface area contributed by atoms with Crippen LogP contribution in [0.15, 0.2) is 24.3 Å². The molecule has 2 fully saturated rings. The first-order valence-electron chi connectivity index (χ1n) is 7.86. The van der Waals surface area contributed by atoms with E-state index in [9.17, 15) is 14.4 Å². The fourth-order valence-corrected chi connectivity index (χ4v) is 3.01. The molecule has 3 amide bonds. The highest BCUT2D eigenvalue weighted by molar-refractivity contribution is 6.01. The average Bonchev–Trinajstić information content (AvgIpc) is 2.88. The fourth-order valence-electron chi connectivity index (χ4n) is 3.01. The zero-order valence-electron chi connectivity index (χ0n) is 12.6. The zero-order chi connectivity index (χ0) is 15.5. The number of nitrogens with zero attached hydrogens (tertiary/aromatic N) is 2. The van der Waals surface area contributed by atoms with Gasteiger partial charge in [0.2, 0.25) is 11.8 Å². The summed E-state index contributed by atoms with van der Waals surface area (Å²) in [7, 11) is 0. The Labute approximate surface area is 129 Å². The van der Waals surface area contributed by atoms with Gasteiger partial charge in [0.1, 0.15) is 0 Å². The minimum Gasteiger partial charge on any atom is -0.339 e. The van der Waals surface area contributed by atoms with Crippen molar-refractivity contribution in [2.45, 2.75) is 38.6 Å². The third kappa shape index (κ3) is 3.03. The van der Waals surface area contributed by atoms with Crippen molar-refractivity contribution in [2.75, 3.05) is 13.1 Å². The van der Waals surface area contributed by atoms with Crippen LogP contribution in [-0.2, 0) is 16.1 Å². The molecule has 2 heterocycles. The van der Waals surface area contributed by atoms with E-state index in [-0.39, 0.29) is 17.7 Å². The summed E-state index contributed by atoms with van der Waals surface area (Å²) in [6, 6.07) is 7.24. The first kappa shape index (κ1) is 14.8. The van der Waals surface area contributed by atoms with Crippen LogP contribution in [0.4, 0.5) is 0 Å². The number of carbonyl (C=O) groups is 3. The van der Waals surface area contributed by atoms with Crippen LogP contribution >= 0.6 is 0 Å². The van der Waals surface area contributed by atoms with Crippen LogP contribution < -0.4 is 0 Å². The van der Waals surface area contributed by atoms with Gasteiger partial charge < -0.3 is 4.90 Å². The molecule has 3 rings (SSSR count). The van der Waals surface area contributed by atoms with Crippen LogP contribution in [0.5, 0.6) is 0 Å². The number of amides is 3. The molecule has 0 spiro atoms. The van der Waals surface area contributed by atoms with Crippen LogP contribution in [0.3, 0.4) is 0 Å². The normalized spacial score (nSPS) is 18.9. The summed E-state index contributed by atoms with van der Waals surface area (Å²) < 4.78 is 0. The quantitative estimate of drug-likeness (QED) is 0.802. The molecule has 22 heavy (non-hydrogen) atoms. The van der Waals surface area contributed by atoms with E-state index in [4.69, 9.17) is 0 Å². The molecule has 0 aliphatic carbocycles. The van der Waals surface area contributed by atoms with Crippen molar-refractivity contribution in [3.63, 3.8) is 0 Å². The van der Waals surface area contributed by atoms with Crippen molar-refractivity contribution in [1.29, 1.82) is 0 Å². The fraction of sp³-hybridized carbons (Fsp3) is 0.471. The molecule has 116 valence electrons. The number of benzene rings is 1. The highest BCUT2D eigenvalue weighted by atomic mass is 16.2. The lowest BCUT2D eigenvalue weighted by atomic mass is 10.1. The molecule has 0 bridgehead atoms. The van der Waals surface area contributed by atoms with Crippen LogP contribution in [0, 0.1) is 0 Å². The lowest BCUT2D eigenvalue weighted by Crippen LogP contribution is -2.35. The van der Waals surface area contributed by atoms with Crippen molar-refractivity contribution in [2.24, 2.45) is 0 Å². The van der Waals surface area contributed by atoms with Crippen LogP contribution in [0.2, 0.25) is 0 Å². The Morgan fingerprint density at radius 2 is 1.50 bits per heavy atom. The topological polar surface area (TPSA) is 57.7 Å². The number of likely N-dealkylation sites (tertiary alicyclic amines) is 2. The minimum absolute atomic E-state index is 0.0691. The maximum Gasteiger partial charge on any atom is 0.253 e. The largest absolute Gasteiger partial charge is 0.339 e. The third-order valence-corrected chi connectivity index (χ3v) is 4.34. The molecule has 5 heteroatoms. The van der Waals surface area contributed by atoms with Crippen molar-refractivity contribution in [3.8, 4) is 0 Å². The van der Waals surface area contributed by atoms with E-state index in [0.29, 0.717) is 24.9 Å². The maximum absolute atomic E-state index is 12.4. The Morgan fingerprint density at radius 1 is 0.909 bits per heavy atom. The van der Waals surface area contributed by atoms with Crippen molar-refractivity contribution in [1.82, 2.24) is 9.80 Å². The predicted octanol–water partition coefficient (Wildman–Crippen LogP) is 1.96. The maximum atomic E-state index is 12.4. The van der Waals surface area contributed by atoms with Crippen molar-refractivity contribution in [3.05, 3.63) is 35.4 Å². The van der Waals surface area contributed by atoms with Gasteiger partial charge in [0.25, 0.3) is 5.91 Å². The summed E-state index contributed by atoms with van der Waals surface area (Å²) in [5, 5.41) is 0. The summed E-state index contributed by atoms with van der Waals surface area (Å²) in [6.45, 7) is 1.96. The average molecular weight is 300 g/mol. The van der Waals surface area contributed by atoms with Gasteiger partial charge in [0.15, 0.2) is 0 Å². The van der Waals surface area contributed by atoms with Crippen LogP contribution in [0.25, 0.3) is 0 Å². The Bertz CT molecular complexity index is 572. The van der Waals surface area contributed by atoms with Crippen molar-refractivity contribution < 1.29 is 14.4 Å². The second kappa shape index (κ2) is 6.30. The smallest absolute Gasteiger partial charge is 0.253 e. The number of rotatable bonds is 3. The van der Waals surface area contributed by atoms with Gasteiger partial charge >= 0.3 is 0 Å². The lowest BCUT2D eigenvalue weighted by molar-refractivity contribution is -0.139. The monoisotopic (exact) mass is 300 g/mol. The first-order valence-corrected chi connectivity index (χ1v) is 7.86. The van der Waals surface area contributed by atoms with Gasteiger partial charge in [0.05, 0.1) is 6.54 Å². The Morgan fingerprint density at radius 3 is 2.09 bits per heavy atom. The van der Waals surface area contributed by atoms with Crippen LogP contribution in [0.1, 0.15) is 48.0 Å². The molecular formula is C17H20N2O3. The number of piperidine rings is 1. The van der Waals surface area contributed by atoms with Gasteiger partial charge in [-0.25, -0.2) is 0 Å². The molecule has 2 aliphatic rings. The SMILES string of the molecule is O=C(c1ccc(CN2C(=O)CCC2=O)cc1)N1CCCCC1. The Balaban J connectivity index is 1.66. The molecule has 2 aliphatic heterocycles. The molecule has 1 aromatic carbocycles. The number of hydrogen-bond acceptors (Lipinski definition) is 3. The summed E-state index contributed by atoms with van der Waals surface area (Å²) in [5.41, 5.74) is 1.54. The minimum atomic E-state index is -0.113. The summed E-state index contributed by atoms with van der Waals surface area (Å²) in [6.07, 6.45) is 3.96. The van der Waals surface area contributed by atoms with E-state index in [1.807, 2.05) is 17.0 Å². The molecular weight excluding hydrogens is 280 g/mol. The van der Waals surface area contributed by atoms with E-state index in [1.54, 1.807) is 12.1 Å². The lowest BCUT2D eigenvalue weighted by Gasteiger charge is -2.26. The van der Waals surface area contributed by atoms with Gasteiger partial charge in [0, 0.05) is 31.5 Å². The van der Waals surface area contributed by atoms with E-state index >= 15 is 0 Å². The first-order chi connectivity index (χ1) is 10.6. The Kier molecular flexibility index (Phi) is 4.22. The van der Waals surface area contributed by atoms with E-state index in [1.165, 1.54) is 11.3 Å². The van der Waals surface area contributed by atoms with E-state index in [0.717, 1.165) is 31.5 Å². The molecule has 2 saturated heterocycles. The summed E-state index contributed by atoms with van der Waals surface area (Å²) in [5.74, 6) is -0.156. The number of carbonyl (C=O) groups excluding carboxylic acids is 3. The molecule has 0 saturated carbocycles. The van der Waals surface area contributed by atoms with Gasteiger partial charge in [-0.3, -0.25) is 19.3 Å².